The molecule has 2 aromatic carbocycles. The van der Waals surface area contributed by atoms with Crippen LogP contribution in [0.1, 0.15) is 214 Å². The monoisotopic (exact) mass is 892 g/mol. The Morgan fingerprint density at radius 3 is 1.48 bits per heavy atom. The second kappa shape index (κ2) is 18.5. The second-order valence-corrected chi connectivity index (χ2v) is 29.3. The lowest BCUT2D eigenvalue weighted by atomic mass is 9.62. The highest BCUT2D eigenvalue weighted by Crippen LogP contribution is 2.50. The third-order valence-corrected chi connectivity index (χ3v) is 12.8. The Balaban J connectivity index is 1.72. The molecular weight excluding hydrogens is 797 g/mol. The number of nitrogens with one attached hydrogen (secondary N) is 2. The lowest BCUT2D eigenvalue weighted by Gasteiger charge is -2.44. The quantitative estimate of drug-likeness (QED) is 0.0820. The van der Waals surface area contributed by atoms with Crippen LogP contribution in [0.2, 0.25) is 0 Å². The molecule has 0 saturated carbocycles. The number of benzene rings is 3. The summed E-state index contributed by atoms with van der Waals surface area (Å²) in [5.74, 6) is -0.237. The second-order valence-electron chi connectivity index (χ2n) is 29.3. The molecule has 3 N–H and O–H groups in total. The summed E-state index contributed by atoms with van der Waals surface area (Å²) in [5, 5.41) is 16.2. The minimum atomic E-state index is -0.949. The van der Waals surface area contributed by atoms with Gasteiger partial charge in [-0.3, -0.25) is 0 Å². The standard InChI is InChI=1S/C60H94N2O3/c1-51(2,3)33-53(7,8)35-55(11,12)37-57(15,16)39-59(19,20)61-41-27-29-45-47(31-41)65-48-32-42(28-30-46(48)49(45)43-25-23-24-26-44(43)50(63)64)62-60(21,22)40-58(17,18)38-56(13,14)36-54(9,10)34-52(4,5)6/h23-32,61H,33-40H2,1-22H3,(H,63,64)/p+1. The van der Waals surface area contributed by atoms with Crippen LogP contribution in [0.25, 0.3) is 33.4 Å². The van der Waals surface area contributed by atoms with Crippen molar-refractivity contribution in [3.8, 4) is 22.5 Å². The van der Waals surface area contributed by atoms with Crippen LogP contribution in [0.5, 0.6) is 0 Å². The van der Waals surface area contributed by atoms with Crippen molar-refractivity contribution in [3.05, 3.63) is 71.6 Å². The Kier molecular flexibility index (Phi) is 15.4. The summed E-state index contributed by atoms with van der Waals surface area (Å²) < 4.78 is 6.89. The SMILES string of the molecule is CC(C)(C)CC(C)(C)CC(C)(C)CC(C)(C)CC(C)(C)Nc1ccc2c(-c3ccccc3C(=O)O)c3ccc(=[NH+]C(C)(C)CC(C)(C)CC(C)(C)CC(C)(C)CC(C)(C)C)cc-3oc2c1. The first-order valence-corrected chi connectivity index (χ1v) is 24.8. The van der Waals surface area contributed by atoms with Crippen molar-refractivity contribution in [1.29, 1.82) is 0 Å². The topological polar surface area (TPSA) is 76.4 Å². The van der Waals surface area contributed by atoms with Gasteiger partial charge in [-0.15, -0.1) is 0 Å². The van der Waals surface area contributed by atoms with Crippen LogP contribution in [-0.4, -0.2) is 22.2 Å². The van der Waals surface area contributed by atoms with Crippen LogP contribution in [0.15, 0.2) is 65.1 Å². The summed E-state index contributed by atoms with van der Waals surface area (Å²) in [6.45, 7) is 52.6. The smallest absolute Gasteiger partial charge is 0.336 e. The number of carboxylic acids is 1. The molecule has 362 valence electrons. The van der Waals surface area contributed by atoms with Crippen LogP contribution < -0.4 is 15.7 Å². The van der Waals surface area contributed by atoms with Gasteiger partial charge in [0.25, 0.3) is 0 Å². The number of aromatic carboxylic acids is 1. The zero-order valence-corrected chi connectivity index (χ0v) is 45.7. The van der Waals surface area contributed by atoms with Gasteiger partial charge in [0.15, 0.2) is 5.54 Å². The largest absolute Gasteiger partial charge is 0.478 e. The van der Waals surface area contributed by atoms with Gasteiger partial charge < -0.3 is 14.8 Å². The fourth-order valence-electron chi connectivity index (χ4n) is 14.9. The minimum Gasteiger partial charge on any atom is -0.478 e. The van der Waals surface area contributed by atoms with Crippen molar-refractivity contribution < 1.29 is 19.3 Å². The summed E-state index contributed by atoms with van der Waals surface area (Å²) in [5.41, 5.74) is 5.66. The van der Waals surface area contributed by atoms with E-state index in [1.807, 2.05) is 12.1 Å². The van der Waals surface area contributed by atoms with Gasteiger partial charge in [-0.25, -0.2) is 9.79 Å². The maximum atomic E-state index is 12.7. The van der Waals surface area contributed by atoms with Crippen LogP contribution in [0.3, 0.4) is 0 Å². The molecule has 0 bridgehead atoms. The Morgan fingerprint density at radius 2 is 0.985 bits per heavy atom. The molecule has 0 atom stereocenters. The average Bonchev–Trinajstić information content (AvgIpc) is 3.00. The molecular formula is C60H95N2O3+. The van der Waals surface area contributed by atoms with Gasteiger partial charge in [0.1, 0.15) is 11.3 Å². The first kappa shape index (κ1) is 54.0. The number of rotatable bonds is 19. The van der Waals surface area contributed by atoms with Crippen molar-refractivity contribution in [3.63, 3.8) is 0 Å². The number of carbonyl (C=O) groups is 1. The Hall–Kier alpha value is -3.60. The molecule has 65 heavy (non-hydrogen) atoms. The predicted octanol–water partition coefficient (Wildman–Crippen LogP) is 16.2. The Bertz CT molecular complexity index is 2310. The molecule has 0 radical (unpaired) electrons. The number of hydrogen-bond donors (Lipinski definition) is 3. The number of anilines is 1. The molecule has 0 unspecified atom stereocenters. The highest BCUT2D eigenvalue weighted by atomic mass is 16.4. The van der Waals surface area contributed by atoms with Gasteiger partial charge in [0, 0.05) is 46.3 Å². The zero-order chi connectivity index (χ0) is 49.6. The molecule has 1 aliphatic carbocycles. The molecule has 1 aliphatic heterocycles. The predicted molar refractivity (Wildman–Crippen MR) is 280 cm³/mol. The van der Waals surface area contributed by atoms with Gasteiger partial charge in [0.05, 0.1) is 11.6 Å². The molecule has 0 aromatic heterocycles. The minimum absolute atomic E-state index is 0.0918. The molecule has 2 aliphatic rings. The van der Waals surface area contributed by atoms with Gasteiger partial charge in [0.2, 0.25) is 5.36 Å². The van der Waals surface area contributed by atoms with E-state index in [9.17, 15) is 9.90 Å². The van der Waals surface area contributed by atoms with E-state index >= 15 is 0 Å². The first-order chi connectivity index (χ1) is 29.1. The normalized spacial score (nSPS) is 14.7. The lowest BCUT2D eigenvalue weighted by Crippen LogP contribution is -2.88. The van der Waals surface area contributed by atoms with Gasteiger partial charge in [-0.1, -0.05) is 143 Å². The van der Waals surface area contributed by atoms with E-state index in [2.05, 4.69) is 199 Å². The van der Waals surface area contributed by atoms with E-state index in [1.165, 1.54) is 25.7 Å². The highest BCUT2D eigenvalue weighted by molar-refractivity contribution is 6.07. The zero-order valence-electron chi connectivity index (χ0n) is 45.7. The Morgan fingerprint density at radius 1 is 0.523 bits per heavy atom. The van der Waals surface area contributed by atoms with Crippen LogP contribution in [0.4, 0.5) is 5.69 Å². The summed E-state index contributed by atoms with van der Waals surface area (Å²) in [4.78, 5) is 16.6. The molecule has 0 spiro atoms. The molecule has 2 aromatic rings. The summed E-state index contributed by atoms with van der Waals surface area (Å²) in [7, 11) is 0. The summed E-state index contributed by atoms with van der Waals surface area (Å²) in [6.07, 6.45) is 9.00. The van der Waals surface area contributed by atoms with Gasteiger partial charge in [-0.2, -0.15) is 0 Å². The Labute approximate surface area is 397 Å². The van der Waals surface area contributed by atoms with Crippen molar-refractivity contribution in [2.45, 2.75) is 215 Å². The summed E-state index contributed by atoms with van der Waals surface area (Å²) >= 11 is 0. The molecule has 4 rings (SSSR count). The molecule has 0 saturated heterocycles. The fourth-order valence-corrected chi connectivity index (χ4v) is 14.9. The van der Waals surface area contributed by atoms with E-state index in [0.29, 0.717) is 27.7 Å². The molecule has 0 fully saturated rings. The highest BCUT2D eigenvalue weighted by Gasteiger charge is 2.41. The molecule has 0 amide bonds. The van der Waals surface area contributed by atoms with Crippen molar-refractivity contribution in [2.24, 2.45) is 43.3 Å². The molecule has 1 heterocycles. The van der Waals surface area contributed by atoms with E-state index < -0.39 is 5.97 Å². The van der Waals surface area contributed by atoms with Crippen molar-refractivity contribution in [2.75, 3.05) is 5.32 Å². The van der Waals surface area contributed by atoms with E-state index in [4.69, 9.17) is 4.42 Å². The number of carboxylic acid groups (broad SMARTS) is 1. The summed E-state index contributed by atoms with van der Waals surface area (Å²) in [6, 6.07) is 20.0. The molecule has 5 nitrogen and oxygen atoms in total. The van der Waals surface area contributed by atoms with Crippen molar-refractivity contribution >= 4 is 22.6 Å². The van der Waals surface area contributed by atoms with E-state index in [-0.39, 0.29) is 49.1 Å². The van der Waals surface area contributed by atoms with E-state index in [1.54, 1.807) is 12.1 Å². The fraction of sp³-hybridized carbons (Fsp3) is 0.667. The first-order valence-electron chi connectivity index (χ1n) is 24.8. The third kappa shape index (κ3) is 16.6. The molecule has 5 heteroatoms. The van der Waals surface area contributed by atoms with Gasteiger partial charge in [-0.05, 0) is 146 Å². The number of fused-ring (bicyclic) bond motifs is 2. The lowest BCUT2D eigenvalue weighted by molar-refractivity contribution is -0.586. The van der Waals surface area contributed by atoms with Gasteiger partial charge >= 0.3 is 5.97 Å². The maximum absolute atomic E-state index is 12.7. The average molecular weight is 892 g/mol. The van der Waals surface area contributed by atoms with Crippen LogP contribution >= 0.6 is 0 Å². The third-order valence-electron chi connectivity index (χ3n) is 12.8. The van der Waals surface area contributed by atoms with E-state index in [0.717, 1.165) is 53.2 Å². The van der Waals surface area contributed by atoms with Crippen LogP contribution in [-0.2, 0) is 0 Å². The maximum Gasteiger partial charge on any atom is 0.336 e. The van der Waals surface area contributed by atoms with Crippen molar-refractivity contribution in [1.82, 2.24) is 0 Å². The van der Waals surface area contributed by atoms with Crippen LogP contribution in [0, 0.1) is 43.3 Å². The number of hydrogen-bond acceptors (Lipinski definition) is 3.